The summed E-state index contributed by atoms with van der Waals surface area (Å²) in [5, 5.41) is 2.98. The van der Waals surface area contributed by atoms with Gasteiger partial charge in [0.1, 0.15) is 19.3 Å². The van der Waals surface area contributed by atoms with Crippen LogP contribution in [0, 0.1) is 0 Å². The van der Waals surface area contributed by atoms with Crippen LogP contribution in [-0.2, 0) is 27.9 Å². The Balaban J connectivity index is 5.55. The van der Waals surface area contributed by atoms with Crippen LogP contribution in [0.3, 0.4) is 0 Å². The monoisotopic (exact) mass is 951 g/mol. The van der Waals surface area contributed by atoms with E-state index in [1.807, 2.05) is 100 Å². The third-order valence-corrected chi connectivity index (χ3v) is 11.6. The molecule has 9 nitrogen and oxygen atoms in total. The first-order chi connectivity index (χ1) is 32.4. The summed E-state index contributed by atoms with van der Waals surface area (Å²) >= 11 is 0. The van der Waals surface area contributed by atoms with E-state index in [-0.39, 0.29) is 25.4 Å². The Hall–Kier alpha value is -3.59. The van der Waals surface area contributed by atoms with E-state index in [2.05, 4.69) is 62.5 Å². The largest absolute Gasteiger partial charge is 0.756 e. The number of nitrogens with one attached hydrogen (secondary N) is 1. The number of hydrogen-bond donors (Lipinski definition) is 1. The fourth-order valence-electron chi connectivity index (χ4n) is 6.61. The summed E-state index contributed by atoms with van der Waals surface area (Å²) in [6, 6.07) is -0.924. The Kier molecular flexibility index (Phi) is 43.7. The zero-order chi connectivity index (χ0) is 49.4. The highest BCUT2D eigenvalue weighted by atomic mass is 31.2. The average molecular weight is 951 g/mol. The van der Waals surface area contributed by atoms with Crippen LogP contribution in [0.15, 0.2) is 122 Å². The van der Waals surface area contributed by atoms with Gasteiger partial charge in [-0.05, 0) is 70.3 Å². The predicted molar refractivity (Wildman–Crippen MR) is 283 cm³/mol. The molecule has 0 rings (SSSR count). The van der Waals surface area contributed by atoms with Crippen LogP contribution in [0.5, 0.6) is 0 Å². The highest BCUT2D eigenvalue weighted by Gasteiger charge is 2.27. The number of unbranched alkanes of at least 4 members (excludes halogenated alkanes) is 17. The first-order valence-corrected chi connectivity index (χ1v) is 27.4. The second-order valence-electron chi connectivity index (χ2n) is 18.1. The number of carbonyl (C=O) groups excluding carboxylic acids is 2. The van der Waals surface area contributed by atoms with Crippen LogP contribution in [0.25, 0.3) is 0 Å². The van der Waals surface area contributed by atoms with Crippen molar-refractivity contribution in [1.82, 2.24) is 5.32 Å². The van der Waals surface area contributed by atoms with Gasteiger partial charge in [0.2, 0.25) is 5.91 Å². The number of phosphoric acid groups is 1. The Bertz CT molecular complexity index is 1560. The number of rotatable bonds is 44. The van der Waals surface area contributed by atoms with Crippen LogP contribution in [0.4, 0.5) is 0 Å². The topological polar surface area (TPSA) is 114 Å². The van der Waals surface area contributed by atoms with E-state index >= 15 is 0 Å². The minimum atomic E-state index is -4.71. The summed E-state index contributed by atoms with van der Waals surface area (Å²) in [7, 11) is 1.12. The zero-order valence-electron chi connectivity index (χ0n) is 43.0. The first kappa shape index (κ1) is 63.4. The molecule has 0 aliphatic carbocycles. The zero-order valence-corrected chi connectivity index (χ0v) is 43.9. The van der Waals surface area contributed by atoms with E-state index in [1.165, 1.54) is 44.9 Å². The Morgan fingerprint density at radius 1 is 0.537 bits per heavy atom. The van der Waals surface area contributed by atoms with Gasteiger partial charge in [-0.15, -0.1) is 0 Å². The molecule has 10 heteroatoms. The van der Waals surface area contributed by atoms with Gasteiger partial charge in [0.15, 0.2) is 0 Å². The van der Waals surface area contributed by atoms with Gasteiger partial charge >= 0.3 is 5.97 Å². The Labute approximate surface area is 410 Å². The van der Waals surface area contributed by atoms with Crippen molar-refractivity contribution in [1.29, 1.82) is 0 Å². The maximum Gasteiger partial charge on any atom is 0.306 e. The number of esters is 1. The summed E-state index contributed by atoms with van der Waals surface area (Å²) in [5.74, 6) is -0.632. The molecule has 0 aromatic heterocycles. The summed E-state index contributed by atoms with van der Waals surface area (Å²) in [4.78, 5) is 39.7. The molecule has 3 atom stereocenters. The second-order valence-corrected chi connectivity index (χ2v) is 19.5. The van der Waals surface area contributed by atoms with Crippen molar-refractivity contribution >= 4 is 19.7 Å². The molecular formula is C57H95N2O7P. The number of nitrogens with zero attached hydrogens (tertiary/aromatic N) is 1. The SMILES string of the molecule is CC\C=C/C=C/C=C/C=C\C=C\C=C\CCCCCC(=O)OC(/C=C/CCCCCCCCCCC)C(COP(=O)([O-])OCC[N+](C)(C)C)NC(=O)CCCCCCC\C=C/C=C/C=C/CC. The van der Waals surface area contributed by atoms with Crippen LogP contribution in [0.2, 0.25) is 0 Å². The van der Waals surface area contributed by atoms with E-state index < -0.39 is 32.5 Å². The number of hydrogen-bond acceptors (Lipinski definition) is 7. The average Bonchev–Trinajstić information content (AvgIpc) is 3.28. The molecule has 0 saturated heterocycles. The molecule has 380 valence electrons. The van der Waals surface area contributed by atoms with Crippen LogP contribution in [0.1, 0.15) is 175 Å². The van der Waals surface area contributed by atoms with E-state index in [9.17, 15) is 19.0 Å². The normalized spacial score (nSPS) is 14.9. The minimum absolute atomic E-state index is 0.0417. The van der Waals surface area contributed by atoms with Crippen molar-refractivity contribution < 1.29 is 37.3 Å². The fraction of sp³-hybridized carbons (Fsp3) is 0.614. The molecular weight excluding hydrogens is 856 g/mol. The number of ether oxygens (including phenoxy) is 1. The standard InChI is InChI=1S/C57H95N2O7P/c1-7-10-13-16-19-22-25-27-28-29-30-32-35-38-41-44-47-50-57(61)66-55(48-45-42-39-36-33-24-21-18-15-12-9-3)54(53-65-67(62,63)64-52-51-59(4,5)6)58-56(60)49-46-43-40-37-34-31-26-23-20-17-14-11-8-2/h10-11,13-14,16-17,19-20,22-23,25-30,32,35,45,48,54-55H,7-9,12,15,18,21,24,31,33-34,36-44,46-47,49-53H2,1-6H3,(H-,58,60,62,63)/b13-10-,14-11+,19-16+,20-17+,25-22+,26-23-,28-27-,30-29+,35-32+,48-45+. The first-order valence-electron chi connectivity index (χ1n) is 26.0. The van der Waals surface area contributed by atoms with Crippen LogP contribution < -0.4 is 10.2 Å². The van der Waals surface area contributed by atoms with Crippen molar-refractivity contribution in [2.24, 2.45) is 0 Å². The maximum atomic E-state index is 13.4. The summed E-state index contributed by atoms with van der Waals surface area (Å²) in [6.07, 6.45) is 63.1. The van der Waals surface area contributed by atoms with E-state index in [0.717, 1.165) is 83.5 Å². The third-order valence-electron chi connectivity index (χ3n) is 10.6. The number of quaternary nitrogens is 1. The number of likely N-dealkylation sites (N-methyl/N-ethyl adjacent to an activating group) is 1. The summed E-state index contributed by atoms with van der Waals surface area (Å²) in [6.45, 7) is 6.46. The van der Waals surface area contributed by atoms with Gasteiger partial charge in [0.25, 0.3) is 7.82 Å². The molecule has 0 aliphatic rings. The minimum Gasteiger partial charge on any atom is -0.756 e. The molecule has 0 saturated carbocycles. The van der Waals surface area contributed by atoms with Gasteiger partial charge in [0, 0.05) is 12.8 Å². The van der Waals surface area contributed by atoms with E-state index in [1.54, 1.807) is 6.08 Å². The molecule has 3 unspecified atom stereocenters. The van der Waals surface area contributed by atoms with Crippen molar-refractivity contribution in [3.63, 3.8) is 0 Å². The molecule has 1 N–H and O–H groups in total. The predicted octanol–water partition coefficient (Wildman–Crippen LogP) is 14.6. The Morgan fingerprint density at radius 2 is 0.955 bits per heavy atom. The van der Waals surface area contributed by atoms with Gasteiger partial charge in [-0.1, -0.05) is 213 Å². The molecule has 0 fully saturated rings. The quantitative estimate of drug-likeness (QED) is 0.0162. The second kappa shape index (κ2) is 46.2. The molecule has 0 bridgehead atoms. The molecule has 67 heavy (non-hydrogen) atoms. The van der Waals surface area contributed by atoms with Gasteiger partial charge < -0.3 is 28.5 Å². The lowest BCUT2D eigenvalue weighted by molar-refractivity contribution is -0.870. The van der Waals surface area contributed by atoms with Gasteiger partial charge in [0.05, 0.1) is 33.8 Å². The lowest BCUT2D eigenvalue weighted by Crippen LogP contribution is -2.47. The van der Waals surface area contributed by atoms with Gasteiger partial charge in [-0.25, -0.2) is 0 Å². The van der Waals surface area contributed by atoms with E-state index in [4.69, 9.17) is 13.8 Å². The Morgan fingerprint density at radius 3 is 1.45 bits per heavy atom. The fourth-order valence-corrected chi connectivity index (χ4v) is 7.33. The highest BCUT2D eigenvalue weighted by Crippen LogP contribution is 2.38. The van der Waals surface area contributed by atoms with Crippen molar-refractivity contribution in [3.05, 3.63) is 122 Å². The molecule has 0 spiro atoms. The van der Waals surface area contributed by atoms with Crippen molar-refractivity contribution in [2.45, 2.75) is 187 Å². The summed E-state index contributed by atoms with van der Waals surface area (Å²) in [5.41, 5.74) is 0. The summed E-state index contributed by atoms with van der Waals surface area (Å²) < 4.78 is 30.1. The lowest BCUT2D eigenvalue weighted by atomic mass is 10.1. The molecule has 0 aromatic rings. The smallest absolute Gasteiger partial charge is 0.306 e. The van der Waals surface area contributed by atoms with Crippen molar-refractivity contribution in [3.8, 4) is 0 Å². The maximum absolute atomic E-state index is 13.4. The van der Waals surface area contributed by atoms with E-state index in [0.29, 0.717) is 23.9 Å². The number of phosphoric ester groups is 1. The molecule has 0 aromatic carbocycles. The molecule has 0 heterocycles. The van der Waals surface area contributed by atoms with Crippen molar-refractivity contribution in [2.75, 3.05) is 40.9 Å². The number of allylic oxidation sites excluding steroid dienone is 19. The third kappa shape index (κ3) is 47.3. The van der Waals surface area contributed by atoms with Crippen LogP contribution in [-0.4, -0.2) is 69.4 Å². The van der Waals surface area contributed by atoms with Gasteiger partial charge in [-0.2, -0.15) is 0 Å². The molecule has 0 radical (unpaired) electrons. The lowest BCUT2D eigenvalue weighted by Gasteiger charge is -2.30. The number of amides is 1. The number of carbonyl (C=O) groups is 2. The van der Waals surface area contributed by atoms with Gasteiger partial charge in [-0.3, -0.25) is 14.2 Å². The molecule has 1 amide bonds. The molecule has 0 aliphatic heterocycles. The van der Waals surface area contributed by atoms with Crippen LogP contribution >= 0.6 is 7.82 Å². The highest BCUT2D eigenvalue weighted by molar-refractivity contribution is 7.45.